The fourth-order valence-electron chi connectivity index (χ4n) is 4.87. The minimum Gasteiger partial charge on any atom is -0.264 e. The van der Waals surface area contributed by atoms with Crippen LogP contribution in [0.2, 0.25) is 0 Å². The van der Waals surface area contributed by atoms with E-state index in [1.807, 2.05) is 36.9 Å². The Morgan fingerprint density at radius 2 is 1.21 bits per heavy atom. The Balaban J connectivity index is 2.34. The smallest absolute Gasteiger partial charge is 0.0624 e. The van der Waals surface area contributed by atoms with Gasteiger partial charge in [0.15, 0.2) is 0 Å². The Morgan fingerprint density at radius 3 is 1.59 bits per heavy atom. The fourth-order valence-corrected chi connectivity index (χ4v) is 9.06. The van der Waals surface area contributed by atoms with E-state index in [1.165, 1.54) is 16.7 Å². The molecule has 2 heterocycles. The van der Waals surface area contributed by atoms with Gasteiger partial charge in [0.2, 0.25) is 0 Å². The van der Waals surface area contributed by atoms with Crippen molar-refractivity contribution in [2.24, 2.45) is 0 Å². The van der Waals surface area contributed by atoms with E-state index in [4.69, 9.17) is 0 Å². The number of aromatic nitrogens is 2. The molecule has 3 aromatic rings. The van der Waals surface area contributed by atoms with Crippen molar-refractivity contribution >= 4 is 17.2 Å². The topological polar surface area (TPSA) is 25.8 Å². The highest BCUT2D eigenvalue weighted by Crippen LogP contribution is 2.62. The van der Waals surface area contributed by atoms with Crippen LogP contribution in [0.1, 0.15) is 90.1 Å². The Hall–Kier alpha value is -1.62. The van der Waals surface area contributed by atoms with Crippen molar-refractivity contribution in [1.82, 2.24) is 9.97 Å². The largest absolute Gasteiger partial charge is 0.264 e. The maximum Gasteiger partial charge on any atom is 0.0624 e. The minimum absolute atomic E-state index is 0.0571. The van der Waals surface area contributed by atoms with Crippen molar-refractivity contribution in [3.8, 4) is 0 Å². The SMILES string of the molecule is CC(C)(C)c1ccc(CP(C(C)(C)C)C(C)(C)C)c(C(P)(c2cccnc2)c2cccnc2)c1. The summed E-state index contributed by atoms with van der Waals surface area (Å²) in [4.78, 5) is 9.02. The second-order valence-electron chi connectivity index (χ2n) is 12.3. The lowest BCUT2D eigenvalue weighted by atomic mass is 9.79. The molecule has 0 saturated carbocycles. The van der Waals surface area contributed by atoms with Crippen LogP contribution < -0.4 is 0 Å². The molecule has 3 rings (SSSR count). The van der Waals surface area contributed by atoms with Crippen LogP contribution in [0, 0.1) is 0 Å². The molecule has 2 nitrogen and oxygen atoms in total. The zero-order valence-corrected chi connectivity index (χ0v) is 24.5. The third kappa shape index (κ3) is 5.78. The molecule has 0 N–H and O–H groups in total. The van der Waals surface area contributed by atoms with Gasteiger partial charge < -0.3 is 0 Å². The molecule has 2 aromatic heterocycles. The van der Waals surface area contributed by atoms with Gasteiger partial charge in [0.05, 0.1) is 5.16 Å². The highest BCUT2D eigenvalue weighted by atomic mass is 31.1. The molecule has 0 amide bonds. The van der Waals surface area contributed by atoms with Gasteiger partial charge in [-0.15, -0.1) is 9.24 Å². The summed E-state index contributed by atoms with van der Waals surface area (Å²) in [6.45, 7) is 21.3. The van der Waals surface area contributed by atoms with Gasteiger partial charge in [-0.1, -0.05) is 101 Å². The second kappa shape index (κ2) is 9.79. The van der Waals surface area contributed by atoms with E-state index < -0.39 is 5.16 Å². The van der Waals surface area contributed by atoms with Crippen molar-refractivity contribution < 1.29 is 0 Å². The quantitative estimate of drug-likeness (QED) is 0.334. The highest BCUT2D eigenvalue weighted by molar-refractivity contribution is 7.60. The van der Waals surface area contributed by atoms with Gasteiger partial charge in [0.1, 0.15) is 0 Å². The first-order chi connectivity index (χ1) is 15.6. The first-order valence-electron chi connectivity index (χ1n) is 12.2. The minimum atomic E-state index is -0.435. The Bertz CT molecular complexity index is 1040. The average molecular weight is 493 g/mol. The average Bonchev–Trinajstić information content (AvgIpc) is 2.76. The molecule has 0 saturated heterocycles. The van der Waals surface area contributed by atoms with E-state index in [-0.39, 0.29) is 23.6 Å². The van der Waals surface area contributed by atoms with E-state index in [9.17, 15) is 0 Å². The molecule has 34 heavy (non-hydrogen) atoms. The molecule has 1 unspecified atom stereocenters. The van der Waals surface area contributed by atoms with Crippen LogP contribution in [-0.2, 0) is 16.7 Å². The summed E-state index contributed by atoms with van der Waals surface area (Å²) in [5.41, 5.74) is 6.49. The maximum absolute atomic E-state index is 4.51. The van der Waals surface area contributed by atoms with Crippen molar-refractivity contribution in [3.63, 3.8) is 0 Å². The molecule has 1 atom stereocenters. The van der Waals surface area contributed by atoms with Crippen LogP contribution in [0.5, 0.6) is 0 Å². The summed E-state index contributed by atoms with van der Waals surface area (Å²) in [5.74, 6) is 0. The standard InChI is InChI=1S/C30H42N2P2/c1-27(2,3)23-15-14-22(21-34(28(4,5)6)29(7,8)9)26(18-23)30(33,24-12-10-16-31-19-24)25-13-11-17-32-20-25/h10-20H,21,33H2,1-9H3. The van der Waals surface area contributed by atoms with Crippen molar-refractivity contribution in [2.45, 2.75) is 89.4 Å². The fraction of sp³-hybridized carbons (Fsp3) is 0.467. The number of nitrogens with zero attached hydrogens (tertiary/aromatic N) is 2. The van der Waals surface area contributed by atoms with Crippen LogP contribution >= 0.6 is 17.2 Å². The normalized spacial score (nSPS) is 13.4. The molecule has 0 radical (unpaired) electrons. The number of hydrogen-bond acceptors (Lipinski definition) is 2. The van der Waals surface area contributed by atoms with Crippen LogP contribution in [0.4, 0.5) is 0 Å². The van der Waals surface area contributed by atoms with Gasteiger partial charge in [-0.05, 0) is 61.8 Å². The predicted octanol–water partition coefficient (Wildman–Crippen LogP) is 8.52. The monoisotopic (exact) mass is 492 g/mol. The highest BCUT2D eigenvalue weighted by Gasteiger charge is 2.39. The molecule has 182 valence electrons. The van der Waals surface area contributed by atoms with Gasteiger partial charge in [-0.3, -0.25) is 9.97 Å². The summed E-state index contributed by atoms with van der Waals surface area (Å²) in [6, 6.07) is 15.6. The third-order valence-electron chi connectivity index (χ3n) is 6.58. The van der Waals surface area contributed by atoms with Crippen LogP contribution in [-0.4, -0.2) is 20.3 Å². The molecule has 0 fully saturated rings. The van der Waals surface area contributed by atoms with Crippen LogP contribution in [0.3, 0.4) is 0 Å². The zero-order chi connectivity index (χ0) is 25.4. The van der Waals surface area contributed by atoms with Gasteiger partial charge >= 0.3 is 0 Å². The van der Waals surface area contributed by atoms with Gasteiger partial charge in [-0.25, -0.2) is 0 Å². The van der Waals surface area contributed by atoms with Gasteiger partial charge in [-0.2, -0.15) is 0 Å². The molecular formula is C30H42N2P2. The lowest BCUT2D eigenvalue weighted by Crippen LogP contribution is -2.28. The lowest BCUT2D eigenvalue weighted by Gasteiger charge is -2.43. The lowest BCUT2D eigenvalue weighted by molar-refractivity contribution is 0.588. The number of hydrogen-bond donors (Lipinski definition) is 0. The van der Waals surface area contributed by atoms with Crippen molar-refractivity contribution in [2.75, 3.05) is 0 Å². The van der Waals surface area contributed by atoms with E-state index in [0.717, 1.165) is 17.3 Å². The van der Waals surface area contributed by atoms with Crippen LogP contribution in [0.15, 0.2) is 67.3 Å². The summed E-state index contributed by atoms with van der Waals surface area (Å²) in [7, 11) is 2.91. The molecule has 1 aromatic carbocycles. The molecule has 0 aliphatic carbocycles. The molecule has 0 aliphatic rings. The molecule has 0 bridgehead atoms. The van der Waals surface area contributed by atoms with E-state index in [2.05, 4.69) is 112 Å². The molecule has 0 spiro atoms. The van der Waals surface area contributed by atoms with Crippen molar-refractivity contribution in [1.29, 1.82) is 0 Å². The van der Waals surface area contributed by atoms with Gasteiger partial charge in [0.25, 0.3) is 0 Å². The third-order valence-corrected chi connectivity index (χ3v) is 11.5. The Kier molecular flexibility index (Phi) is 7.77. The Labute approximate surface area is 211 Å². The number of rotatable bonds is 5. The second-order valence-corrected chi connectivity index (χ2v) is 17.1. The number of pyridine rings is 2. The van der Waals surface area contributed by atoms with E-state index in [0.29, 0.717) is 0 Å². The summed E-state index contributed by atoms with van der Waals surface area (Å²) >= 11 is 0. The van der Waals surface area contributed by atoms with Crippen molar-refractivity contribution in [3.05, 3.63) is 95.1 Å². The molecule has 4 heteroatoms. The van der Waals surface area contributed by atoms with E-state index in [1.54, 1.807) is 0 Å². The Morgan fingerprint density at radius 1 is 0.706 bits per heavy atom. The maximum atomic E-state index is 4.51. The van der Waals surface area contributed by atoms with E-state index >= 15 is 0 Å². The summed E-state index contributed by atoms with van der Waals surface area (Å²) < 4.78 is 0. The zero-order valence-electron chi connectivity index (χ0n) is 22.5. The molecular weight excluding hydrogens is 450 g/mol. The summed E-state index contributed by atoms with van der Waals surface area (Å²) in [5, 5.41) is 0.0648. The first-order valence-corrected chi connectivity index (χ1v) is 14.3. The number of benzene rings is 1. The van der Waals surface area contributed by atoms with Crippen LogP contribution in [0.25, 0.3) is 0 Å². The molecule has 0 aliphatic heterocycles. The first kappa shape index (κ1) is 27.0. The predicted molar refractivity (Wildman–Crippen MR) is 153 cm³/mol. The summed E-state index contributed by atoms with van der Waals surface area (Å²) in [6.07, 6.45) is 8.79. The van der Waals surface area contributed by atoms with Gasteiger partial charge in [0, 0.05) is 24.8 Å².